The number of aromatic nitrogens is 3. The van der Waals surface area contributed by atoms with Crippen LogP contribution in [0.15, 0.2) is 24.7 Å². The van der Waals surface area contributed by atoms with Gasteiger partial charge in [0, 0.05) is 37.3 Å². The number of aryl methyl sites for hydroxylation is 1. The molecule has 2 aromatic rings. The fourth-order valence-corrected chi connectivity index (χ4v) is 2.43. The predicted octanol–water partition coefficient (Wildman–Crippen LogP) is 3.17. The summed E-state index contributed by atoms with van der Waals surface area (Å²) in [6, 6.07) is 2.23. The van der Waals surface area contributed by atoms with Crippen molar-refractivity contribution in [3.63, 3.8) is 0 Å². The SMILES string of the molecule is Cc1cnccc1Nc1nc(NC2CCOCC2)ncc1Cl. The van der Waals surface area contributed by atoms with Crippen molar-refractivity contribution in [2.24, 2.45) is 0 Å². The molecule has 116 valence electrons. The minimum absolute atomic E-state index is 0.338. The summed E-state index contributed by atoms with van der Waals surface area (Å²) in [5.74, 6) is 1.16. The Hall–Kier alpha value is -1.92. The van der Waals surface area contributed by atoms with E-state index in [1.54, 1.807) is 18.6 Å². The molecule has 1 fully saturated rings. The highest BCUT2D eigenvalue weighted by Crippen LogP contribution is 2.25. The summed E-state index contributed by atoms with van der Waals surface area (Å²) in [6.07, 6.45) is 7.04. The highest BCUT2D eigenvalue weighted by molar-refractivity contribution is 6.32. The van der Waals surface area contributed by atoms with E-state index in [1.807, 2.05) is 13.0 Å². The van der Waals surface area contributed by atoms with E-state index in [2.05, 4.69) is 25.6 Å². The van der Waals surface area contributed by atoms with Crippen molar-refractivity contribution in [2.75, 3.05) is 23.8 Å². The molecule has 0 radical (unpaired) electrons. The van der Waals surface area contributed by atoms with Gasteiger partial charge in [0.05, 0.1) is 6.20 Å². The van der Waals surface area contributed by atoms with Gasteiger partial charge in [-0.3, -0.25) is 4.98 Å². The van der Waals surface area contributed by atoms with E-state index in [4.69, 9.17) is 16.3 Å². The Bertz CT molecular complexity index is 646. The molecule has 0 amide bonds. The molecule has 0 unspecified atom stereocenters. The van der Waals surface area contributed by atoms with Crippen molar-refractivity contribution in [3.8, 4) is 0 Å². The molecule has 1 saturated heterocycles. The summed E-state index contributed by atoms with van der Waals surface area (Å²) in [5.41, 5.74) is 1.95. The largest absolute Gasteiger partial charge is 0.381 e. The monoisotopic (exact) mass is 319 g/mol. The van der Waals surface area contributed by atoms with Gasteiger partial charge in [-0.15, -0.1) is 0 Å². The molecule has 1 aliphatic rings. The van der Waals surface area contributed by atoms with Crippen molar-refractivity contribution in [1.82, 2.24) is 15.0 Å². The van der Waals surface area contributed by atoms with E-state index in [1.165, 1.54) is 0 Å². The Labute approximate surface area is 134 Å². The minimum Gasteiger partial charge on any atom is -0.381 e. The molecule has 0 spiro atoms. The van der Waals surface area contributed by atoms with Crippen molar-refractivity contribution < 1.29 is 4.74 Å². The second kappa shape index (κ2) is 6.89. The van der Waals surface area contributed by atoms with E-state index < -0.39 is 0 Å². The van der Waals surface area contributed by atoms with Crippen LogP contribution in [0.25, 0.3) is 0 Å². The van der Waals surface area contributed by atoms with Gasteiger partial charge in [-0.2, -0.15) is 4.98 Å². The van der Waals surface area contributed by atoms with Crippen LogP contribution in [-0.4, -0.2) is 34.2 Å². The number of rotatable bonds is 4. The van der Waals surface area contributed by atoms with Crippen LogP contribution in [0.5, 0.6) is 0 Å². The summed E-state index contributed by atoms with van der Waals surface area (Å²) >= 11 is 6.19. The lowest BCUT2D eigenvalue weighted by Crippen LogP contribution is -2.28. The van der Waals surface area contributed by atoms with Gasteiger partial charge in [-0.25, -0.2) is 4.98 Å². The summed E-state index contributed by atoms with van der Waals surface area (Å²) < 4.78 is 5.35. The number of hydrogen-bond donors (Lipinski definition) is 2. The van der Waals surface area contributed by atoms with Crippen molar-refractivity contribution in [3.05, 3.63) is 35.2 Å². The number of ether oxygens (including phenoxy) is 1. The highest BCUT2D eigenvalue weighted by atomic mass is 35.5. The minimum atomic E-state index is 0.338. The van der Waals surface area contributed by atoms with Gasteiger partial charge in [0.25, 0.3) is 0 Å². The Morgan fingerprint density at radius 1 is 1.27 bits per heavy atom. The summed E-state index contributed by atoms with van der Waals surface area (Å²) in [5, 5.41) is 7.05. The average molecular weight is 320 g/mol. The molecule has 2 aromatic heterocycles. The maximum absolute atomic E-state index is 6.19. The van der Waals surface area contributed by atoms with E-state index in [0.29, 0.717) is 22.8 Å². The topological polar surface area (TPSA) is 72.0 Å². The molecule has 0 bridgehead atoms. The molecule has 3 rings (SSSR count). The average Bonchev–Trinajstić information content (AvgIpc) is 2.54. The summed E-state index contributed by atoms with van der Waals surface area (Å²) in [7, 11) is 0. The molecule has 6 nitrogen and oxygen atoms in total. The summed E-state index contributed by atoms with van der Waals surface area (Å²) in [4.78, 5) is 12.8. The van der Waals surface area contributed by atoms with Crippen LogP contribution < -0.4 is 10.6 Å². The van der Waals surface area contributed by atoms with E-state index in [-0.39, 0.29) is 0 Å². The zero-order valence-corrected chi connectivity index (χ0v) is 13.1. The first-order chi connectivity index (χ1) is 10.7. The second-order valence-electron chi connectivity index (χ2n) is 5.24. The van der Waals surface area contributed by atoms with Gasteiger partial charge in [0.1, 0.15) is 5.02 Å². The van der Waals surface area contributed by atoms with Crippen LogP contribution >= 0.6 is 11.6 Å². The fourth-order valence-electron chi connectivity index (χ4n) is 2.29. The molecule has 3 heterocycles. The lowest BCUT2D eigenvalue weighted by molar-refractivity contribution is 0.0903. The molecule has 0 atom stereocenters. The zero-order chi connectivity index (χ0) is 15.4. The van der Waals surface area contributed by atoms with Gasteiger partial charge in [0.15, 0.2) is 5.82 Å². The van der Waals surface area contributed by atoms with Crippen LogP contribution in [0.2, 0.25) is 5.02 Å². The Morgan fingerprint density at radius 3 is 2.86 bits per heavy atom. The van der Waals surface area contributed by atoms with Gasteiger partial charge < -0.3 is 15.4 Å². The zero-order valence-electron chi connectivity index (χ0n) is 12.3. The Kier molecular flexibility index (Phi) is 4.70. The summed E-state index contributed by atoms with van der Waals surface area (Å²) in [6.45, 7) is 3.52. The number of halogens is 1. The number of pyridine rings is 1. The van der Waals surface area contributed by atoms with Crippen LogP contribution in [0.1, 0.15) is 18.4 Å². The lowest BCUT2D eigenvalue weighted by atomic mass is 10.1. The third-order valence-corrected chi connectivity index (χ3v) is 3.85. The van der Waals surface area contributed by atoms with Crippen LogP contribution in [0, 0.1) is 6.92 Å². The first kappa shape index (κ1) is 15.0. The lowest BCUT2D eigenvalue weighted by Gasteiger charge is -2.23. The van der Waals surface area contributed by atoms with Crippen LogP contribution in [-0.2, 0) is 4.74 Å². The number of anilines is 3. The third-order valence-electron chi connectivity index (χ3n) is 3.57. The van der Waals surface area contributed by atoms with Crippen LogP contribution in [0.4, 0.5) is 17.5 Å². The normalized spacial score (nSPS) is 15.5. The molecule has 0 aliphatic carbocycles. The molecular weight excluding hydrogens is 302 g/mol. The third kappa shape index (κ3) is 3.64. The molecule has 1 aliphatic heterocycles. The molecular formula is C15H18ClN5O. The quantitative estimate of drug-likeness (QED) is 0.902. The predicted molar refractivity (Wildman–Crippen MR) is 86.8 cm³/mol. The number of nitrogens with one attached hydrogen (secondary N) is 2. The molecule has 7 heteroatoms. The molecule has 22 heavy (non-hydrogen) atoms. The number of hydrogen-bond acceptors (Lipinski definition) is 6. The van der Waals surface area contributed by atoms with Crippen molar-refractivity contribution in [1.29, 1.82) is 0 Å². The van der Waals surface area contributed by atoms with Crippen LogP contribution in [0.3, 0.4) is 0 Å². The van der Waals surface area contributed by atoms with Crippen molar-refractivity contribution >= 4 is 29.1 Å². The number of nitrogens with zero attached hydrogens (tertiary/aromatic N) is 3. The second-order valence-corrected chi connectivity index (χ2v) is 5.64. The first-order valence-corrected chi connectivity index (χ1v) is 7.64. The molecule has 0 aromatic carbocycles. The smallest absolute Gasteiger partial charge is 0.224 e. The Morgan fingerprint density at radius 2 is 2.09 bits per heavy atom. The fraction of sp³-hybridized carbons (Fsp3) is 0.400. The standard InChI is InChI=1S/C15H18ClN5O/c1-10-8-17-5-2-13(10)20-14-12(16)9-18-15(21-14)19-11-3-6-22-7-4-11/h2,5,8-9,11H,3-4,6-7H2,1H3,(H2,17,18,19,20,21). The first-order valence-electron chi connectivity index (χ1n) is 7.27. The van der Waals surface area contributed by atoms with Gasteiger partial charge in [0.2, 0.25) is 5.95 Å². The Balaban J connectivity index is 1.76. The van der Waals surface area contributed by atoms with Gasteiger partial charge in [-0.05, 0) is 31.4 Å². The van der Waals surface area contributed by atoms with Crippen molar-refractivity contribution in [2.45, 2.75) is 25.8 Å². The van der Waals surface area contributed by atoms with Gasteiger partial charge in [-0.1, -0.05) is 11.6 Å². The highest BCUT2D eigenvalue weighted by Gasteiger charge is 2.15. The van der Waals surface area contributed by atoms with E-state index in [9.17, 15) is 0 Å². The van der Waals surface area contributed by atoms with Gasteiger partial charge >= 0.3 is 0 Å². The molecule has 2 N–H and O–H groups in total. The van der Waals surface area contributed by atoms with E-state index in [0.717, 1.165) is 37.3 Å². The maximum Gasteiger partial charge on any atom is 0.224 e. The maximum atomic E-state index is 6.19. The molecule has 0 saturated carbocycles. The van der Waals surface area contributed by atoms with E-state index >= 15 is 0 Å².